The summed E-state index contributed by atoms with van der Waals surface area (Å²) < 4.78 is 16.9. The van der Waals surface area contributed by atoms with Crippen molar-refractivity contribution >= 4 is 17.9 Å². The van der Waals surface area contributed by atoms with Crippen molar-refractivity contribution in [3.8, 4) is 0 Å². The van der Waals surface area contributed by atoms with Crippen LogP contribution in [0.2, 0.25) is 0 Å². The van der Waals surface area contributed by atoms with Gasteiger partial charge in [0.05, 0.1) is 0 Å². The van der Waals surface area contributed by atoms with Gasteiger partial charge in [-0.05, 0) is 122 Å². The fourth-order valence-corrected chi connectivity index (χ4v) is 8.77. The highest BCUT2D eigenvalue weighted by Gasteiger charge is 2.19. The first-order chi connectivity index (χ1) is 37.5. The second-order valence-electron chi connectivity index (χ2n) is 20.9. The van der Waals surface area contributed by atoms with E-state index in [-0.39, 0.29) is 31.1 Å². The molecule has 0 amide bonds. The summed E-state index contributed by atoms with van der Waals surface area (Å²) in [6.45, 7) is 6.39. The number of rotatable bonds is 57. The molecule has 6 heteroatoms. The molecule has 0 fully saturated rings. The van der Waals surface area contributed by atoms with Crippen LogP contribution in [0.3, 0.4) is 0 Å². The van der Waals surface area contributed by atoms with Crippen LogP contribution in [0.1, 0.15) is 297 Å². The van der Waals surface area contributed by atoms with E-state index in [1.54, 1.807) is 0 Å². The minimum absolute atomic E-state index is 0.0894. The second kappa shape index (κ2) is 63.6. The molecule has 0 saturated carbocycles. The first kappa shape index (κ1) is 72.1. The highest BCUT2D eigenvalue weighted by Crippen LogP contribution is 2.16. The predicted molar refractivity (Wildman–Crippen MR) is 330 cm³/mol. The molecule has 0 aromatic rings. The number of hydrogen-bond donors (Lipinski definition) is 0. The Hall–Kier alpha value is -3.93. The van der Waals surface area contributed by atoms with E-state index in [1.807, 2.05) is 0 Å². The Bertz CT molecular complexity index is 1540. The van der Waals surface area contributed by atoms with Crippen LogP contribution in [-0.2, 0) is 28.6 Å². The first-order valence-corrected chi connectivity index (χ1v) is 31.9. The summed E-state index contributed by atoms with van der Waals surface area (Å²) >= 11 is 0. The number of carbonyl (C=O) groups is 3. The minimum atomic E-state index is -0.795. The maximum atomic E-state index is 12.9. The minimum Gasteiger partial charge on any atom is -0.462 e. The average Bonchev–Trinajstić information content (AvgIpc) is 3.42. The van der Waals surface area contributed by atoms with Gasteiger partial charge in [-0.25, -0.2) is 0 Å². The molecule has 6 nitrogen and oxygen atoms in total. The van der Waals surface area contributed by atoms with Crippen molar-refractivity contribution in [1.29, 1.82) is 0 Å². The topological polar surface area (TPSA) is 78.9 Å². The number of allylic oxidation sites excluding steroid dienone is 18. The Morgan fingerprint density at radius 3 is 0.803 bits per heavy atom. The molecule has 0 radical (unpaired) electrons. The van der Waals surface area contributed by atoms with E-state index in [0.717, 1.165) is 148 Å². The van der Waals surface area contributed by atoms with Gasteiger partial charge in [0.25, 0.3) is 0 Å². The van der Waals surface area contributed by atoms with E-state index in [9.17, 15) is 14.4 Å². The molecule has 434 valence electrons. The first-order valence-electron chi connectivity index (χ1n) is 31.9. The Balaban J connectivity index is 4.32. The van der Waals surface area contributed by atoms with Gasteiger partial charge in [-0.15, -0.1) is 0 Å². The zero-order chi connectivity index (χ0) is 55.0. The summed E-state index contributed by atoms with van der Waals surface area (Å²) in [6.07, 6.45) is 86.7. The molecule has 0 saturated heterocycles. The summed E-state index contributed by atoms with van der Waals surface area (Å²) in [7, 11) is 0. The number of ether oxygens (including phenoxy) is 3. The van der Waals surface area contributed by atoms with E-state index in [2.05, 4.69) is 130 Å². The Morgan fingerprint density at radius 1 is 0.276 bits per heavy atom. The summed E-state index contributed by atoms with van der Waals surface area (Å²) in [6, 6.07) is 0. The van der Waals surface area contributed by atoms with Gasteiger partial charge in [-0.2, -0.15) is 0 Å². The lowest BCUT2D eigenvalue weighted by Crippen LogP contribution is -2.30. The Kier molecular flexibility index (Phi) is 60.3. The average molecular weight is 1060 g/mol. The van der Waals surface area contributed by atoms with E-state index in [4.69, 9.17) is 14.2 Å². The highest BCUT2D eigenvalue weighted by molar-refractivity contribution is 5.71. The molecule has 0 aromatic carbocycles. The summed E-state index contributed by atoms with van der Waals surface area (Å²) in [5.74, 6) is -0.914. The zero-order valence-electron chi connectivity index (χ0n) is 49.7. The maximum Gasteiger partial charge on any atom is 0.306 e. The van der Waals surface area contributed by atoms with Gasteiger partial charge in [0, 0.05) is 19.3 Å². The van der Waals surface area contributed by atoms with Crippen LogP contribution in [0.5, 0.6) is 0 Å². The third-order valence-corrected chi connectivity index (χ3v) is 13.5. The lowest BCUT2D eigenvalue weighted by Gasteiger charge is -2.18. The van der Waals surface area contributed by atoms with Crippen molar-refractivity contribution < 1.29 is 28.6 Å². The van der Waals surface area contributed by atoms with Crippen molar-refractivity contribution in [2.45, 2.75) is 303 Å². The van der Waals surface area contributed by atoms with Crippen LogP contribution in [0.15, 0.2) is 109 Å². The van der Waals surface area contributed by atoms with E-state index >= 15 is 0 Å². The van der Waals surface area contributed by atoms with Crippen LogP contribution in [0, 0.1) is 0 Å². The fraction of sp³-hybridized carbons (Fsp3) is 0.700. The van der Waals surface area contributed by atoms with Gasteiger partial charge in [-0.1, -0.05) is 265 Å². The van der Waals surface area contributed by atoms with Crippen LogP contribution in [0.4, 0.5) is 0 Å². The van der Waals surface area contributed by atoms with Crippen molar-refractivity contribution in [3.63, 3.8) is 0 Å². The molecule has 0 aliphatic rings. The number of unbranched alkanes of at least 4 members (excludes halogenated alkanes) is 28. The van der Waals surface area contributed by atoms with Gasteiger partial charge in [0.1, 0.15) is 13.2 Å². The van der Waals surface area contributed by atoms with Crippen molar-refractivity contribution in [2.24, 2.45) is 0 Å². The lowest BCUT2D eigenvalue weighted by atomic mass is 10.0. The number of hydrogen-bond acceptors (Lipinski definition) is 6. The van der Waals surface area contributed by atoms with Gasteiger partial charge in [0.15, 0.2) is 6.10 Å². The predicted octanol–water partition coefficient (Wildman–Crippen LogP) is 21.8. The largest absolute Gasteiger partial charge is 0.462 e. The summed E-state index contributed by atoms with van der Waals surface area (Å²) in [4.78, 5) is 38.3. The Morgan fingerprint density at radius 2 is 0.513 bits per heavy atom. The molecular formula is C70H118O6. The number of carbonyl (C=O) groups excluding carboxylic acids is 3. The molecule has 0 heterocycles. The van der Waals surface area contributed by atoms with E-state index < -0.39 is 6.10 Å². The lowest BCUT2D eigenvalue weighted by molar-refractivity contribution is -0.167. The fourth-order valence-electron chi connectivity index (χ4n) is 8.77. The molecule has 0 rings (SSSR count). The maximum absolute atomic E-state index is 12.9. The second-order valence-corrected chi connectivity index (χ2v) is 20.9. The monoisotopic (exact) mass is 1050 g/mol. The molecule has 76 heavy (non-hydrogen) atoms. The van der Waals surface area contributed by atoms with Gasteiger partial charge in [-0.3, -0.25) is 14.4 Å². The van der Waals surface area contributed by atoms with E-state index in [1.165, 1.54) is 109 Å². The standard InChI is InChI=1S/C70H118O6/c1-4-7-10-13-16-19-22-25-28-30-31-32-33-34-35-36-37-38-39-40-43-45-48-51-54-57-60-63-69(72)75-66-67(65-74-68(71)62-59-56-53-50-47-44-41-27-24-21-18-15-12-9-6-3)76-70(73)64-61-58-55-52-49-46-42-29-26-23-20-17-14-11-8-5-2/h7,9-10,12,16,18-21,23,25,27-29,31-32,41-42,67H,4-6,8,11,13-15,17,22,24,26,30,33-40,43-66H2,1-3H3/b10-7-,12-9-,19-16-,21-18-,23-20-,28-25-,32-31-,41-27-,42-29-. The molecule has 0 aliphatic heterocycles. The molecule has 0 spiro atoms. The zero-order valence-corrected chi connectivity index (χ0v) is 49.7. The smallest absolute Gasteiger partial charge is 0.306 e. The van der Waals surface area contributed by atoms with Crippen LogP contribution >= 0.6 is 0 Å². The van der Waals surface area contributed by atoms with Crippen molar-refractivity contribution in [2.75, 3.05) is 13.2 Å². The normalized spacial score (nSPS) is 12.8. The SMILES string of the molecule is CC/C=C\C/C=C\C/C=C\C/C=C\CCCCCCCCCCCCCCCCC(=O)OCC(COC(=O)CCCCCCC/C=C\C/C=C\C/C=C\CC)OC(=O)CCCCCCC/C=C\C/C=C\CCCCCC. The summed E-state index contributed by atoms with van der Waals surface area (Å²) in [5.41, 5.74) is 0. The number of esters is 3. The molecule has 0 aliphatic carbocycles. The Labute approximate surface area is 470 Å². The molecule has 0 aromatic heterocycles. The van der Waals surface area contributed by atoms with Crippen molar-refractivity contribution in [1.82, 2.24) is 0 Å². The van der Waals surface area contributed by atoms with Gasteiger partial charge < -0.3 is 14.2 Å². The molecule has 1 atom stereocenters. The molecule has 0 N–H and O–H groups in total. The highest BCUT2D eigenvalue weighted by atomic mass is 16.6. The third-order valence-electron chi connectivity index (χ3n) is 13.5. The van der Waals surface area contributed by atoms with Gasteiger partial charge >= 0.3 is 17.9 Å². The quantitative estimate of drug-likeness (QED) is 0.0261. The van der Waals surface area contributed by atoms with Crippen LogP contribution in [0.25, 0.3) is 0 Å². The molecular weight excluding hydrogens is 937 g/mol. The van der Waals surface area contributed by atoms with Crippen molar-refractivity contribution in [3.05, 3.63) is 109 Å². The van der Waals surface area contributed by atoms with Crippen LogP contribution < -0.4 is 0 Å². The summed E-state index contributed by atoms with van der Waals surface area (Å²) in [5, 5.41) is 0. The molecule has 1 unspecified atom stereocenters. The van der Waals surface area contributed by atoms with E-state index in [0.29, 0.717) is 19.3 Å². The molecule has 0 bridgehead atoms. The van der Waals surface area contributed by atoms with Crippen LogP contribution in [-0.4, -0.2) is 37.2 Å². The third kappa shape index (κ3) is 60.9. The van der Waals surface area contributed by atoms with Gasteiger partial charge in [0.2, 0.25) is 0 Å².